The number of anilines is 1. The second kappa shape index (κ2) is 3.77. The molecule has 3 rings (SSSR count). The highest BCUT2D eigenvalue weighted by atomic mass is 16.3. The van der Waals surface area contributed by atoms with E-state index in [1.807, 2.05) is 17.1 Å². The summed E-state index contributed by atoms with van der Waals surface area (Å²) in [5, 5.41) is 15.9. The van der Waals surface area contributed by atoms with Crippen LogP contribution in [0, 0.1) is 5.92 Å². The Balaban J connectivity index is 1.89. The molecule has 1 aromatic carbocycles. The van der Waals surface area contributed by atoms with E-state index in [9.17, 15) is 5.11 Å². The molecule has 1 unspecified atom stereocenters. The highest BCUT2D eigenvalue weighted by Crippen LogP contribution is 2.27. The largest absolute Gasteiger partial charge is 0.508 e. The molecule has 2 aliphatic rings. The molecule has 0 fully saturated rings. The Hall–Kier alpha value is -2.03. The Morgan fingerprint density at radius 3 is 2.82 bits per heavy atom. The van der Waals surface area contributed by atoms with Crippen molar-refractivity contribution in [2.75, 3.05) is 11.6 Å². The number of phenolic OH excluding ortho intramolecular Hbond substituents is 1. The maximum Gasteiger partial charge on any atom is 0.115 e. The second-order valence-corrected chi connectivity index (χ2v) is 4.48. The van der Waals surface area contributed by atoms with Gasteiger partial charge in [-0.05, 0) is 42.8 Å². The normalized spacial score (nSPS) is 22.2. The summed E-state index contributed by atoms with van der Waals surface area (Å²) in [6, 6.07) is 7.15. The maximum absolute atomic E-state index is 9.27. The van der Waals surface area contributed by atoms with Gasteiger partial charge in [0, 0.05) is 5.92 Å². The van der Waals surface area contributed by atoms with E-state index in [1.54, 1.807) is 12.1 Å². The number of nitrogens with zero attached hydrogens (tertiary/aromatic N) is 2. The van der Waals surface area contributed by atoms with Crippen LogP contribution >= 0.6 is 0 Å². The quantitative estimate of drug-likeness (QED) is 0.799. The SMILES string of the molecule is CC1=CC2=NN(c3ccc(O)cc3)CC2C=C1. The first-order valence-electron chi connectivity index (χ1n) is 5.74. The minimum absolute atomic E-state index is 0.286. The van der Waals surface area contributed by atoms with Gasteiger partial charge in [0.2, 0.25) is 0 Å². The summed E-state index contributed by atoms with van der Waals surface area (Å²) in [5.74, 6) is 0.682. The van der Waals surface area contributed by atoms with Crippen LogP contribution in [0.5, 0.6) is 5.75 Å². The predicted molar refractivity (Wildman–Crippen MR) is 69.3 cm³/mol. The highest BCUT2D eigenvalue weighted by Gasteiger charge is 2.25. The summed E-state index contributed by atoms with van der Waals surface area (Å²) in [6.45, 7) is 2.96. The summed E-state index contributed by atoms with van der Waals surface area (Å²) in [7, 11) is 0. The molecule has 86 valence electrons. The Kier molecular flexibility index (Phi) is 2.25. The van der Waals surface area contributed by atoms with Crippen LogP contribution in [-0.2, 0) is 0 Å². The van der Waals surface area contributed by atoms with Crippen molar-refractivity contribution in [3.63, 3.8) is 0 Å². The molecule has 1 aliphatic heterocycles. The van der Waals surface area contributed by atoms with Gasteiger partial charge in [0.15, 0.2) is 0 Å². The summed E-state index contributed by atoms with van der Waals surface area (Å²) in [4.78, 5) is 0. The van der Waals surface area contributed by atoms with Crippen molar-refractivity contribution in [2.45, 2.75) is 6.92 Å². The number of rotatable bonds is 1. The van der Waals surface area contributed by atoms with Gasteiger partial charge in [-0.15, -0.1) is 0 Å². The van der Waals surface area contributed by atoms with Crippen LogP contribution in [0.25, 0.3) is 0 Å². The van der Waals surface area contributed by atoms with Gasteiger partial charge < -0.3 is 5.11 Å². The van der Waals surface area contributed by atoms with Gasteiger partial charge in [-0.2, -0.15) is 5.10 Å². The van der Waals surface area contributed by atoms with Crippen molar-refractivity contribution in [3.8, 4) is 5.75 Å². The fraction of sp³-hybridized carbons (Fsp3) is 0.214. The van der Waals surface area contributed by atoms with E-state index in [2.05, 4.69) is 30.3 Å². The first-order chi connectivity index (χ1) is 8.22. The van der Waals surface area contributed by atoms with Crippen LogP contribution in [0.1, 0.15) is 6.92 Å². The molecular weight excluding hydrogens is 212 g/mol. The molecule has 0 saturated heterocycles. The first-order valence-corrected chi connectivity index (χ1v) is 5.74. The molecule has 1 aromatic rings. The fourth-order valence-electron chi connectivity index (χ4n) is 2.17. The second-order valence-electron chi connectivity index (χ2n) is 4.48. The van der Waals surface area contributed by atoms with Gasteiger partial charge >= 0.3 is 0 Å². The summed E-state index contributed by atoms with van der Waals surface area (Å²) >= 11 is 0. The zero-order valence-corrected chi connectivity index (χ0v) is 9.67. The summed E-state index contributed by atoms with van der Waals surface area (Å²) < 4.78 is 0. The van der Waals surface area contributed by atoms with E-state index in [-0.39, 0.29) is 5.75 Å². The number of allylic oxidation sites excluding steroid dienone is 3. The van der Waals surface area contributed by atoms with Crippen LogP contribution in [0.4, 0.5) is 5.69 Å². The number of phenols is 1. The van der Waals surface area contributed by atoms with Gasteiger partial charge in [-0.3, -0.25) is 5.01 Å². The van der Waals surface area contributed by atoms with Crippen molar-refractivity contribution in [3.05, 3.63) is 48.1 Å². The van der Waals surface area contributed by atoms with E-state index >= 15 is 0 Å². The fourth-order valence-corrected chi connectivity index (χ4v) is 2.17. The zero-order chi connectivity index (χ0) is 11.8. The lowest BCUT2D eigenvalue weighted by Crippen LogP contribution is -2.18. The van der Waals surface area contributed by atoms with Crippen molar-refractivity contribution in [1.29, 1.82) is 0 Å². The number of hydrazone groups is 1. The van der Waals surface area contributed by atoms with Crippen molar-refractivity contribution < 1.29 is 5.11 Å². The molecule has 1 N–H and O–H groups in total. The smallest absolute Gasteiger partial charge is 0.115 e. The van der Waals surface area contributed by atoms with Crippen LogP contribution in [0.3, 0.4) is 0 Å². The molecule has 1 heterocycles. The average Bonchev–Trinajstić information content (AvgIpc) is 2.72. The Bertz CT molecular complexity index is 526. The lowest BCUT2D eigenvalue weighted by Gasteiger charge is -2.14. The molecule has 3 heteroatoms. The molecule has 0 saturated carbocycles. The summed E-state index contributed by atoms with van der Waals surface area (Å²) in [6.07, 6.45) is 6.48. The molecule has 0 radical (unpaired) electrons. The summed E-state index contributed by atoms with van der Waals surface area (Å²) in [5.41, 5.74) is 3.38. The Labute approximate surface area is 100 Å². The Morgan fingerprint density at radius 1 is 1.29 bits per heavy atom. The minimum Gasteiger partial charge on any atom is -0.508 e. The molecule has 3 nitrogen and oxygen atoms in total. The van der Waals surface area contributed by atoms with Gasteiger partial charge in [0.05, 0.1) is 17.9 Å². The zero-order valence-electron chi connectivity index (χ0n) is 9.67. The molecular formula is C14H14N2O. The topological polar surface area (TPSA) is 35.8 Å². The Morgan fingerprint density at radius 2 is 2.06 bits per heavy atom. The highest BCUT2D eigenvalue weighted by molar-refractivity contribution is 6.02. The molecule has 0 amide bonds. The number of benzene rings is 1. The minimum atomic E-state index is 0.286. The van der Waals surface area contributed by atoms with Crippen LogP contribution in [0.2, 0.25) is 0 Å². The van der Waals surface area contributed by atoms with E-state index < -0.39 is 0 Å². The molecule has 1 atom stereocenters. The lowest BCUT2D eigenvalue weighted by atomic mass is 9.96. The number of aromatic hydroxyl groups is 1. The standard InChI is InChI=1S/C14H14N2O/c1-10-2-3-11-9-16(15-14(11)8-10)12-4-6-13(17)7-5-12/h2-8,11,17H,9H2,1H3. The average molecular weight is 226 g/mol. The molecule has 0 aromatic heterocycles. The third kappa shape index (κ3) is 1.84. The number of hydrogen-bond acceptors (Lipinski definition) is 3. The monoisotopic (exact) mass is 226 g/mol. The third-order valence-electron chi connectivity index (χ3n) is 3.10. The van der Waals surface area contributed by atoms with Gasteiger partial charge in [0.1, 0.15) is 5.75 Å². The van der Waals surface area contributed by atoms with E-state index in [0.717, 1.165) is 17.9 Å². The van der Waals surface area contributed by atoms with Crippen LogP contribution in [0.15, 0.2) is 53.2 Å². The van der Waals surface area contributed by atoms with Crippen molar-refractivity contribution in [2.24, 2.45) is 11.0 Å². The number of hydrogen-bond donors (Lipinski definition) is 1. The molecule has 0 bridgehead atoms. The van der Waals surface area contributed by atoms with Crippen LogP contribution in [-0.4, -0.2) is 17.4 Å². The number of fused-ring (bicyclic) bond motifs is 1. The van der Waals surface area contributed by atoms with Gasteiger partial charge in [-0.1, -0.05) is 12.2 Å². The van der Waals surface area contributed by atoms with E-state index in [0.29, 0.717) is 5.92 Å². The molecule has 1 aliphatic carbocycles. The van der Waals surface area contributed by atoms with Gasteiger partial charge in [0.25, 0.3) is 0 Å². The van der Waals surface area contributed by atoms with E-state index in [4.69, 9.17) is 0 Å². The molecule has 0 spiro atoms. The van der Waals surface area contributed by atoms with E-state index in [1.165, 1.54) is 5.57 Å². The molecule has 17 heavy (non-hydrogen) atoms. The van der Waals surface area contributed by atoms with Crippen molar-refractivity contribution in [1.82, 2.24) is 0 Å². The van der Waals surface area contributed by atoms with Crippen LogP contribution < -0.4 is 5.01 Å². The van der Waals surface area contributed by atoms with Crippen molar-refractivity contribution >= 4 is 11.4 Å². The first kappa shape index (κ1) is 10.1. The predicted octanol–water partition coefficient (Wildman–Crippen LogP) is 2.70. The maximum atomic E-state index is 9.27. The lowest BCUT2D eigenvalue weighted by molar-refractivity contribution is 0.475. The van der Waals surface area contributed by atoms with Gasteiger partial charge in [-0.25, -0.2) is 0 Å². The third-order valence-corrected chi connectivity index (χ3v) is 3.10.